The Morgan fingerprint density at radius 3 is 2.77 bits per heavy atom. The number of likely N-dealkylation sites (N-methyl/N-ethyl adjacent to an activating group) is 1. The number of benzene rings is 1. The van der Waals surface area contributed by atoms with Crippen LogP contribution in [0.4, 0.5) is 0 Å². The topological polar surface area (TPSA) is 36.0 Å². The molecule has 0 N–H and O–H groups in total. The Kier molecular flexibility index (Phi) is 5.04. The van der Waals surface area contributed by atoms with E-state index in [0.717, 1.165) is 45.8 Å². The third-order valence-corrected chi connectivity index (χ3v) is 6.69. The molecule has 3 atom stereocenters. The highest BCUT2D eigenvalue weighted by Gasteiger charge is 2.51. The van der Waals surface area contributed by atoms with Gasteiger partial charge in [-0.05, 0) is 30.9 Å². The summed E-state index contributed by atoms with van der Waals surface area (Å²) in [4.78, 5) is 19.0. The predicted octanol–water partition coefficient (Wildman–Crippen LogP) is 1.44. The van der Waals surface area contributed by atoms with Crippen molar-refractivity contribution in [1.82, 2.24) is 14.7 Å². The summed E-state index contributed by atoms with van der Waals surface area (Å²) in [5.74, 6) is 0.780. The number of hydrogen-bond donors (Lipinski definition) is 0. The number of carbonyl (C=O) groups excluding carboxylic acids is 1. The Hall–Kier alpha value is -1.43. The molecule has 26 heavy (non-hydrogen) atoms. The summed E-state index contributed by atoms with van der Waals surface area (Å²) in [7, 11) is 3.69. The molecule has 1 amide bonds. The van der Waals surface area contributed by atoms with Crippen molar-refractivity contribution < 1.29 is 9.53 Å². The summed E-state index contributed by atoms with van der Waals surface area (Å²) in [6.45, 7) is 6.58. The van der Waals surface area contributed by atoms with Crippen LogP contribution in [-0.4, -0.2) is 86.7 Å². The van der Waals surface area contributed by atoms with Gasteiger partial charge in [0.05, 0.1) is 13.2 Å². The minimum Gasteiger partial charge on any atom is -0.380 e. The first-order valence-corrected chi connectivity index (χ1v) is 9.88. The smallest absolute Gasteiger partial charge is 0.236 e. The SMILES string of the molecule is CN(C)C(=O)CN1CC2CN(C3CCOC3)CCC2(c2ccccc2)C1. The summed E-state index contributed by atoms with van der Waals surface area (Å²) >= 11 is 0. The van der Waals surface area contributed by atoms with Gasteiger partial charge in [0, 0.05) is 51.8 Å². The maximum absolute atomic E-state index is 12.3. The van der Waals surface area contributed by atoms with Crippen molar-refractivity contribution >= 4 is 5.91 Å². The minimum absolute atomic E-state index is 0.184. The molecular weight excluding hydrogens is 326 g/mol. The van der Waals surface area contributed by atoms with Crippen molar-refractivity contribution in [2.24, 2.45) is 5.92 Å². The molecule has 0 aromatic heterocycles. The first kappa shape index (κ1) is 18.0. The summed E-state index contributed by atoms with van der Waals surface area (Å²) in [5, 5.41) is 0. The number of amides is 1. The predicted molar refractivity (Wildman–Crippen MR) is 102 cm³/mol. The summed E-state index contributed by atoms with van der Waals surface area (Å²) in [5.41, 5.74) is 1.64. The molecule has 0 aliphatic carbocycles. The summed E-state index contributed by atoms with van der Waals surface area (Å²) < 4.78 is 5.63. The molecule has 0 saturated carbocycles. The molecule has 3 aliphatic rings. The van der Waals surface area contributed by atoms with Gasteiger partial charge in [-0.1, -0.05) is 30.3 Å². The highest BCUT2D eigenvalue weighted by atomic mass is 16.5. The Balaban J connectivity index is 1.56. The third kappa shape index (κ3) is 3.28. The van der Waals surface area contributed by atoms with E-state index in [9.17, 15) is 4.79 Å². The Bertz CT molecular complexity index is 629. The fraction of sp³-hybridized carbons (Fsp3) is 0.667. The third-order valence-electron chi connectivity index (χ3n) is 6.69. The molecule has 0 bridgehead atoms. The van der Waals surface area contributed by atoms with Crippen LogP contribution in [0.2, 0.25) is 0 Å². The van der Waals surface area contributed by atoms with Crippen LogP contribution in [0.3, 0.4) is 0 Å². The molecule has 142 valence electrons. The number of carbonyl (C=O) groups is 1. The fourth-order valence-electron chi connectivity index (χ4n) is 5.15. The molecule has 3 fully saturated rings. The Morgan fingerprint density at radius 2 is 2.08 bits per heavy atom. The molecule has 0 spiro atoms. The first-order valence-electron chi connectivity index (χ1n) is 9.88. The molecule has 3 unspecified atom stereocenters. The number of piperidine rings is 1. The lowest BCUT2D eigenvalue weighted by atomic mass is 9.67. The number of ether oxygens (including phenoxy) is 1. The summed E-state index contributed by atoms with van der Waals surface area (Å²) in [6.07, 6.45) is 2.33. The van der Waals surface area contributed by atoms with Crippen molar-refractivity contribution in [2.45, 2.75) is 24.3 Å². The number of rotatable bonds is 4. The lowest BCUT2D eigenvalue weighted by molar-refractivity contribution is -0.129. The molecule has 1 aromatic carbocycles. The lowest BCUT2D eigenvalue weighted by Gasteiger charge is -2.45. The van der Waals surface area contributed by atoms with E-state index in [1.165, 1.54) is 12.0 Å². The van der Waals surface area contributed by atoms with Gasteiger partial charge in [0.2, 0.25) is 5.91 Å². The average Bonchev–Trinajstić information content (AvgIpc) is 3.29. The second-order valence-corrected chi connectivity index (χ2v) is 8.44. The van der Waals surface area contributed by atoms with Gasteiger partial charge in [0.1, 0.15) is 0 Å². The van der Waals surface area contributed by atoms with Crippen molar-refractivity contribution in [3.05, 3.63) is 35.9 Å². The van der Waals surface area contributed by atoms with Gasteiger partial charge >= 0.3 is 0 Å². The standard InChI is InChI=1S/C21H31N3O2/c1-22(2)20(25)14-23-12-18-13-24(19-8-11-26-15-19)10-9-21(18,16-23)17-6-4-3-5-7-17/h3-7,18-19H,8-16H2,1-2H3. The normalized spacial score (nSPS) is 32.5. The molecular formula is C21H31N3O2. The molecule has 3 aliphatic heterocycles. The van der Waals surface area contributed by atoms with E-state index in [1.54, 1.807) is 4.90 Å². The Labute approximate surface area is 156 Å². The zero-order valence-electron chi connectivity index (χ0n) is 16.1. The molecule has 1 aromatic rings. The molecule has 3 heterocycles. The quantitative estimate of drug-likeness (QED) is 0.817. The first-order chi connectivity index (χ1) is 12.6. The zero-order valence-corrected chi connectivity index (χ0v) is 16.1. The van der Waals surface area contributed by atoms with E-state index in [0.29, 0.717) is 18.5 Å². The van der Waals surface area contributed by atoms with Crippen molar-refractivity contribution in [1.29, 1.82) is 0 Å². The maximum atomic E-state index is 12.3. The van der Waals surface area contributed by atoms with Crippen molar-refractivity contribution in [2.75, 3.05) is 60.0 Å². The Morgan fingerprint density at radius 1 is 1.27 bits per heavy atom. The van der Waals surface area contributed by atoms with E-state index in [4.69, 9.17) is 4.74 Å². The van der Waals surface area contributed by atoms with Gasteiger partial charge in [-0.25, -0.2) is 0 Å². The van der Waals surface area contributed by atoms with E-state index in [1.807, 2.05) is 14.1 Å². The van der Waals surface area contributed by atoms with E-state index in [2.05, 4.69) is 40.1 Å². The van der Waals surface area contributed by atoms with Crippen molar-refractivity contribution in [3.63, 3.8) is 0 Å². The number of likely N-dealkylation sites (tertiary alicyclic amines) is 2. The fourth-order valence-corrected chi connectivity index (χ4v) is 5.15. The van der Waals surface area contributed by atoms with Gasteiger partial charge in [0.15, 0.2) is 0 Å². The van der Waals surface area contributed by atoms with Gasteiger partial charge in [-0.3, -0.25) is 14.6 Å². The van der Waals surface area contributed by atoms with Crippen LogP contribution in [0.5, 0.6) is 0 Å². The minimum atomic E-state index is 0.184. The second kappa shape index (κ2) is 7.29. The lowest BCUT2D eigenvalue weighted by Crippen LogP contribution is -2.52. The largest absolute Gasteiger partial charge is 0.380 e. The zero-order chi connectivity index (χ0) is 18.1. The highest BCUT2D eigenvalue weighted by molar-refractivity contribution is 5.77. The van der Waals surface area contributed by atoms with Crippen LogP contribution in [0.25, 0.3) is 0 Å². The molecule has 5 heteroatoms. The monoisotopic (exact) mass is 357 g/mol. The van der Waals surface area contributed by atoms with Crippen LogP contribution in [-0.2, 0) is 14.9 Å². The molecule has 5 nitrogen and oxygen atoms in total. The van der Waals surface area contributed by atoms with Crippen LogP contribution >= 0.6 is 0 Å². The van der Waals surface area contributed by atoms with Crippen LogP contribution in [0, 0.1) is 5.92 Å². The maximum Gasteiger partial charge on any atom is 0.236 e. The van der Waals surface area contributed by atoms with Crippen LogP contribution in [0.1, 0.15) is 18.4 Å². The van der Waals surface area contributed by atoms with E-state index < -0.39 is 0 Å². The molecule has 0 radical (unpaired) electrons. The van der Waals surface area contributed by atoms with Crippen LogP contribution < -0.4 is 0 Å². The van der Waals surface area contributed by atoms with E-state index >= 15 is 0 Å². The van der Waals surface area contributed by atoms with Crippen molar-refractivity contribution in [3.8, 4) is 0 Å². The van der Waals surface area contributed by atoms with Gasteiger partial charge in [-0.2, -0.15) is 0 Å². The number of hydrogen-bond acceptors (Lipinski definition) is 4. The molecule has 4 rings (SSSR count). The number of fused-ring (bicyclic) bond motifs is 1. The number of nitrogens with zero attached hydrogens (tertiary/aromatic N) is 3. The van der Waals surface area contributed by atoms with Gasteiger partial charge < -0.3 is 9.64 Å². The van der Waals surface area contributed by atoms with E-state index in [-0.39, 0.29) is 11.3 Å². The van der Waals surface area contributed by atoms with Gasteiger partial charge in [0.25, 0.3) is 0 Å². The molecule has 3 saturated heterocycles. The van der Waals surface area contributed by atoms with Gasteiger partial charge in [-0.15, -0.1) is 0 Å². The average molecular weight is 357 g/mol. The summed E-state index contributed by atoms with van der Waals surface area (Å²) in [6, 6.07) is 11.6. The van der Waals surface area contributed by atoms with Crippen LogP contribution in [0.15, 0.2) is 30.3 Å². The highest BCUT2D eigenvalue weighted by Crippen LogP contribution is 2.45. The second-order valence-electron chi connectivity index (χ2n) is 8.44.